The highest BCUT2D eigenvalue weighted by atomic mass is 16.6. The molecule has 5 aliphatic rings. The lowest BCUT2D eigenvalue weighted by molar-refractivity contribution is -0.384. The SMILES string of the molecule is C[C@H]1[C@H]2C(=NN1c1ccc([N+](=O)[O-])cc1)C[C@H]1[C@@H]3CC=C4C[C@@H](O)CC[C@]4(C)[C@H]3CC[C@]21C. The van der Waals surface area contributed by atoms with Crippen molar-refractivity contribution >= 4 is 17.1 Å². The molecule has 0 bridgehead atoms. The van der Waals surface area contributed by atoms with Gasteiger partial charge in [-0.3, -0.25) is 15.1 Å². The van der Waals surface area contributed by atoms with Crippen molar-refractivity contribution in [3.05, 3.63) is 46.0 Å². The van der Waals surface area contributed by atoms with E-state index >= 15 is 0 Å². The van der Waals surface area contributed by atoms with Crippen LogP contribution in [0.4, 0.5) is 11.4 Å². The lowest BCUT2D eigenvalue weighted by Crippen LogP contribution is -2.52. The number of benzene rings is 1. The number of nitro benzene ring substituents is 1. The highest BCUT2D eigenvalue weighted by Crippen LogP contribution is 2.67. The van der Waals surface area contributed by atoms with Gasteiger partial charge in [0.1, 0.15) is 0 Å². The minimum atomic E-state index is -0.348. The summed E-state index contributed by atoms with van der Waals surface area (Å²) in [4.78, 5) is 10.7. The first-order chi connectivity index (χ1) is 15.7. The van der Waals surface area contributed by atoms with Crippen molar-refractivity contribution in [2.45, 2.75) is 77.9 Å². The molecule has 1 aromatic carbocycles. The molecule has 0 saturated heterocycles. The van der Waals surface area contributed by atoms with Gasteiger partial charge in [-0.1, -0.05) is 25.5 Å². The maximum atomic E-state index is 11.0. The van der Waals surface area contributed by atoms with E-state index in [0.29, 0.717) is 17.8 Å². The van der Waals surface area contributed by atoms with Crippen molar-refractivity contribution in [1.82, 2.24) is 0 Å². The summed E-state index contributed by atoms with van der Waals surface area (Å²) in [5.41, 5.74) is 4.46. The second kappa shape index (κ2) is 7.14. The monoisotopic (exact) mass is 449 g/mol. The van der Waals surface area contributed by atoms with Crippen LogP contribution in [0.2, 0.25) is 0 Å². The number of aliphatic hydroxyl groups excluding tert-OH is 1. The zero-order valence-electron chi connectivity index (χ0n) is 19.9. The van der Waals surface area contributed by atoms with Crippen LogP contribution in [-0.2, 0) is 0 Å². The Hall–Kier alpha value is -2.21. The number of fused-ring (bicyclic) bond motifs is 7. The molecule has 8 atom stereocenters. The largest absolute Gasteiger partial charge is 0.393 e. The molecule has 1 aromatic rings. The van der Waals surface area contributed by atoms with Crippen LogP contribution in [0.1, 0.15) is 65.7 Å². The molecular formula is C27H35N3O3. The van der Waals surface area contributed by atoms with Crippen molar-refractivity contribution in [1.29, 1.82) is 0 Å². The Bertz CT molecular complexity index is 1050. The summed E-state index contributed by atoms with van der Waals surface area (Å²) in [5, 5.41) is 28.5. The van der Waals surface area contributed by atoms with Gasteiger partial charge in [0.15, 0.2) is 0 Å². The van der Waals surface area contributed by atoms with Gasteiger partial charge in [0, 0.05) is 23.8 Å². The Kier molecular flexibility index (Phi) is 4.62. The van der Waals surface area contributed by atoms with Crippen LogP contribution < -0.4 is 5.01 Å². The van der Waals surface area contributed by atoms with E-state index in [2.05, 4.69) is 31.9 Å². The van der Waals surface area contributed by atoms with Crippen LogP contribution in [0.3, 0.4) is 0 Å². The van der Waals surface area contributed by atoms with Gasteiger partial charge in [-0.15, -0.1) is 0 Å². The van der Waals surface area contributed by atoms with Gasteiger partial charge in [0.2, 0.25) is 0 Å². The smallest absolute Gasteiger partial charge is 0.269 e. The number of rotatable bonds is 2. The first-order valence-electron chi connectivity index (χ1n) is 12.7. The van der Waals surface area contributed by atoms with E-state index in [1.807, 2.05) is 12.1 Å². The highest BCUT2D eigenvalue weighted by Gasteiger charge is 2.63. The maximum absolute atomic E-state index is 11.0. The van der Waals surface area contributed by atoms with Gasteiger partial charge >= 0.3 is 0 Å². The van der Waals surface area contributed by atoms with E-state index in [0.717, 1.165) is 43.7 Å². The first-order valence-corrected chi connectivity index (χ1v) is 12.7. The minimum absolute atomic E-state index is 0.122. The lowest BCUT2D eigenvalue weighted by Gasteiger charge is -2.58. The molecule has 0 aromatic heterocycles. The van der Waals surface area contributed by atoms with Crippen molar-refractivity contribution in [2.24, 2.45) is 39.6 Å². The standard InChI is InChI=1S/C27H35N3O3/c1-16-25-24(28-29(16)18-5-7-19(8-6-18)30(32)33)15-23-21-9-4-17-14-20(31)10-12-26(17,2)22(21)11-13-27(23,25)3/h4-8,16,20-23,25,31H,9-15H2,1-3H3/t16-,20-,21+,22-,23-,25-,26-,27-/m0/s1. The summed E-state index contributed by atoms with van der Waals surface area (Å²) in [6.07, 6.45) is 10.0. The molecule has 4 aliphatic carbocycles. The second-order valence-electron chi connectivity index (χ2n) is 11.8. The Balaban J connectivity index is 1.29. The average molecular weight is 450 g/mol. The fourth-order valence-corrected chi connectivity index (χ4v) is 8.82. The summed E-state index contributed by atoms with van der Waals surface area (Å²) >= 11 is 0. The summed E-state index contributed by atoms with van der Waals surface area (Å²) in [6, 6.07) is 7.10. The maximum Gasteiger partial charge on any atom is 0.269 e. The van der Waals surface area contributed by atoms with E-state index in [9.17, 15) is 15.2 Å². The van der Waals surface area contributed by atoms with Crippen LogP contribution in [0.15, 0.2) is 41.0 Å². The van der Waals surface area contributed by atoms with Gasteiger partial charge < -0.3 is 5.11 Å². The van der Waals surface area contributed by atoms with E-state index in [4.69, 9.17) is 5.10 Å². The molecular weight excluding hydrogens is 414 g/mol. The molecule has 3 fully saturated rings. The molecule has 176 valence electrons. The van der Waals surface area contributed by atoms with E-state index in [-0.39, 0.29) is 33.6 Å². The van der Waals surface area contributed by atoms with Crippen LogP contribution in [0, 0.1) is 44.6 Å². The lowest BCUT2D eigenvalue weighted by atomic mass is 9.47. The van der Waals surface area contributed by atoms with E-state index in [1.54, 1.807) is 12.1 Å². The van der Waals surface area contributed by atoms with Gasteiger partial charge in [-0.25, -0.2) is 0 Å². The number of hydrogen-bond acceptors (Lipinski definition) is 5. The normalized spacial score (nSPS) is 43.7. The second-order valence-corrected chi connectivity index (χ2v) is 11.8. The van der Waals surface area contributed by atoms with E-state index in [1.165, 1.54) is 24.1 Å². The van der Waals surface area contributed by atoms with Crippen molar-refractivity contribution in [3.63, 3.8) is 0 Å². The van der Waals surface area contributed by atoms with Crippen molar-refractivity contribution in [2.75, 3.05) is 5.01 Å². The molecule has 6 heteroatoms. The molecule has 0 unspecified atom stereocenters. The van der Waals surface area contributed by atoms with Crippen LogP contribution in [0.5, 0.6) is 0 Å². The molecule has 0 spiro atoms. The molecule has 6 nitrogen and oxygen atoms in total. The first kappa shape index (κ1) is 21.3. The molecule has 0 amide bonds. The molecule has 1 aliphatic heterocycles. The van der Waals surface area contributed by atoms with E-state index < -0.39 is 0 Å². The number of hydrogen-bond donors (Lipinski definition) is 1. The number of anilines is 1. The molecule has 33 heavy (non-hydrogen) atoms. The quantitative estimate of drug-likeness (QED) is 0.356. The zero-order valence-corrected chi connectivity index (χ0v) is 19.9. The Morgan fingerprint density at radius 2 is 1.88 bits per heavy atom. The molecule has 6 rings (SSSR count). The van der Waals surface area contributed by atoms with Gasteiger partial charge in [-0.05, 0) is 92.6 Å². The third kappa shape index (κ3) is 2.92. The average Bonchev–Trinajstić information content (AvgIpc) is 3.28. The van der Waals surface area contributed by atoms with Crippen molar-refractivity contribution < 1.29 is 10.0 Å². The third-order valence-electron chi connectivity index (χ3n) is 10.4. The summed E-state index contributed by atoms with van der Waals surface area (Å²) in [6.45, 7) is 7.28. The predicted molar refractivity (Wildman–Crippen MR) is 129 cm³/mol. The summed E-state index contributed by atoms with van der Waals surface area (Å²) in [7, 11) is 0. The van der Waals surface area contributed by atoms with Crippen LogP contribution >= 0.6 is 0 Å². The number of non-ortho nitro benzene ring substituents is 1. The topological polar surface area (TPSA) is 79.0 Å². The third-order valence-corrected chi connectivity index (χ3v) is 10.4. The number of allylic oxidation sites excluding steroid dienone is 1. The number of hydrazone groups is 1. The van der Waals surface area contributed by atoms with Crippen LogP contribution in [-0.4, -0.2) is 27.9 Å². The number of aliphatic hydroxyl groups is 1. The van der Waals surface area contributed by atoms with Crippen LogP contribution in [0.25, 0.3) is 0 Å². The Morgan fingerprint density at radius 1 is 1.12 bits per heavy atom. The summed E-state index contributed by atoms with van der Waals surface area (Å²) < 4.78 is 0. The molecule has 3 saturated carbocycles. The zero-order chi connectivity index (χ0) is 23.1. The minimum Gasteiger partial charge on any atom is -0.393 e. The predicted octanol–water partition coefficient (Wildman–Crippen LogP) is 5.71. The van der Waals surface area contributed by atoms with Gasteiger partial charge in [0.05, 0.1) is 22.8 Å². The molecule has 1 heterocycles. The Labute approximate surface area is 195 Å². The number of nitro groups is 1. The van der Waals surface area contributed by atoms with Gasteiger partial charge in [0.25, 0.3) is 5.69 Å². The summed E-state index contributed by atoms with van der Waals surface area (Å²) in [5.74, 6) is 2.55. The van der Waals surface area contributed by atoms with Gasteiger partial charge in [-0.2, -0.15) is 5.10 Å². The number of nitrogens with zero attached hydrogens (tertiary/aromatic N) is 3. The fourth-order valence-electron chi connectivity index (χ4n) is 8.82. The highest BCUT2D eigenvalue weighted by molar-refractivity contribution is 5.94. The molecule has 0 radical (unpaired) electrons. The fraction of sp³-hybridized carbons (Fsp3) is 0.667. The molecule has 1 N–H and O–H groups in total. The van der Waals surface area contributed by atoms with Crippen molar-refractivity contribution in [3.8, 4) is 0 Å². The Morgan fingerprint density at radius 3 is 2.61 bits per heavy atom.